The van der Waals surface area contributed by atoms with Gasteiger partial charge in [-0.25, -0.2) is 9.50 Å². The highest BCUT2D eigenvalue weighted by atomic mass is 16.2. The molecule has 0 aromatic carbocycles. The Hall–Kier alpha value is -2.35. The molecule has 2 aliphatic carbocycles. The minimum atomic E-state index is -0.408. The van der Waals surface area contributed by atoms with Gasteiger partial charge in [0.1, 0.15) is 5.82 Å². The molecule has 0 spiro atoms. The van der Waals surface area contributed by atoms with Crippen LogP contribution in [0.25, 0.3) is 5.65 Å². The lowest BCUT2D eigenvalue weighted by Crippen LogP contribution is -2.47. The van der Waals surface area contributed by atoms with Gasteiger partial charge in [0.2, 0.25) is 5.91 Å². The molecule has 0 saturated heterocycles. The fraction of sp³-hybridized carbons (Fsp3) is 0.667. The van der Waals surface area contributed by atoms with Gasteiger partial charge in [-0.2, -0.15) is 0 Å². The number of rotatable bonds is 8. The van der Waals surface area contributed by atoms with Crippen LogP contribution in [0.3, 0.4) is 0 Å². The van der Waals surface area contributed by atoms with E-state index in [1.807, 2.05) is 10.7 Å². The van der Waals surface area contributed by atoms with Crippen LogP contribution in [0, 0.1) is 5.92 Å². The molecule has 2 heterocycles. The molecule has 8 heteroatoms. The van der Waals surface area contributed by atoms with E-state index < -0.39 is 6.04 Å². The average molecular weight is 400 g/mol. The topological polar surface area (TPSA) is 109 Å². The molecule has 2 saturated carbocycles. The van der Waals surface area contributed by atoms with Crippen molar-refractivity contribution in [2.75, 3.05) is 10.6 Å². The van der Waals surface area contributed by atoms with Crippen LogP contribution in [0.1, 0.15) is 58.8 Å². The molecule has 4 rings (SSSR count). The quantitative estimate of drug-likeness (QED) is 0.543. The average Bonchev–Trinajstić information content (AvgIpc) is 3.36. The van der Waals surface area contributed by atoms with E-state index in [0.717, 1.165) is 49.3 Å². The number of hydrogen-bond acceptors (Lipinski definition) is 6. The zero-order valence-electron chi connectivity index (χ0n) is 17.4. The van der Waals surface area contributed by atoms with Crippen LogP contribution in [-0.4, -0.2) is 44.7 Å². The largest absolute Gasteiger partial charge is 0.379 e. The number of imidazole rings is 1. The molecule has 158 valence electrons. The molecule has 0 aliphatic heterocycles. The highest BCUT2D eigenvalue weighted by Crippen LogP contribution is 2.29. The van der Waals surface area contributed by atoms with E-state index in [1.165, 1.54) is 12.8 Å². The number of aromatic nitrogens is 3. The van der Waals surface area contributed by atoms with Gasteiger partial charge in [-0.1, -0.05) is 13.8 Å². The molecular formula is C21H33N7O. The van der Waals surface area contributed by atoms with Gasteiger partial charge >= 0.3 is 0 Å². The summed E-state index contributed by atoms with van der Waals surface area (Å²) in [4.78, 5) is 16.7. The molecule has 5 N–H and O–H groups in total. The van der Waals surface area contributed by atoms with Crippen LogP contribution < -0.4 is 21.7 Å². The summed E-state index contributed by atoms with van der Waals surface area (Å²) in [5.41, 5.74) is 7.91. The lowest BCUT2D eigenvalue weighted by atomic mass is 9.90. The predicted octanol–water partition coefficient (Wildman–Crippen LogP) is 2.52. The van der Waals surface area contributed by atoms with Crippen LogP contribution in [0.2, 0.25) is 0 Å². The molecule has 2 aromatic heterocycles. The number of hydrogen-bond donors (Lipinski definition) is 4. The highest BCUT2D eigenvalue weighted by Gasteiger charge is 2.26. The third kappa shape index (κ3) is 5.18. The third-order valence-corrected chi connectivity index (χ3v) is 5.78. The number of amides is 1. The minimum Gasteiger partial charge on any atom is -0.379 e. The third-order valence-electron chi connectivity index (χ3n) is 5.78. The number of carbonyl (C=O) groups is 1. The lowest BCUT2D eigenvalue weighted by molar-refractivity contribution is -0.123. The maximum Gasteiger partial charge on any atom is 0.237 e. The summed E-state index contributed by atoms with van der Waals surface area (Å²) in [6, 6.07) is 2.80. The Balaban J connectivity index is 1.31. The van der Waals surface area contributed by atoms with E-state index in [2.05, 4.69) is 45.9 Å². The van der Waals surface area contributed by atoms with Crippen molar-refractivity contribution in [3.63, 3.8) is 0 Å². The van der Waals surface area contributed by atoms with E-state index in [1.54, 1.807) is 6.20 Å². The first-order chi connectivity index (χ1) is 14.0. The predicted molar refractivity (Wildman–Crippen MR) is 115 cm³/mol. The zero-order valence-corrected chi connectivity index (χ0v) is 17.4. The number of nitrogens with one attached hydrogen (secondary N) is 3. The molecule has 8 nitrogen and oxygen atoms in total. The van der Waals surface area contributed by atoms with Crippen molar-refractivity contribution < 1.29 is 4.79 Å². The summed E-state index contributed by atoms with van der Waals surface area (Å²) in [6.07, 6.45) is 10.7. The van der Waals surface area contributed by atoms with Crippen molar-refractivity contribution in [1.82, 2.24) is 19.9 Å². The van der Waals surface area contributed by atoms with Crippen molar-refractivity contribution in [3.8, 4) is 0 Å². The molecule has 0 unspecified atom stereocenters. The molecule has 2 aromatic rings. The fourth-order valence-corrected chi connectivity index (χ4v) is 4.06. The first kappa shape index (κ1) is 19.9. The zero-order chi connectivity index (χ0) is 20.4. The van der Waals surface area contributed by atoms with Gasteiger partial charge in [-0.3, -0.25) is 4.79 Å². The van der Waals surface area contributed by atoms with Gasteiger partial charge < -0.3 is 21.7 Å². The summed E-state index contributed by atoms with van der Waals surface area (Å²) >= 11 is 0. The maximum absolute atomic E-state index is 12.3. The SMILES string of the molecule is CC(C)C[C@@H](N)C(=O)NC1CCC(Nc2cc(NC3CC3)c3nccn3n2)CC1. The molecule has 29 heavy (non-hydrogen) atoms. The van der Waals surface area contributed by atoms with Gasteiger partial charge in [0.05, 0.1) is 11.7 Å². The van der Waals surface area contributed by atoms with Crippen molar-refractivity contribution in [2.45, 2.75) is 83.0 Å². The summed E-state index contributed by atoms with van der Waals surface area (Å²) in [5.74, 6) is 1.28. The number of anilines is 2. The monoisotopic (exact) mass is 399 g/mol. The summed E-state index contributed by atoms with van der Waals surface area (Å²) in [7, 11) is 0. The minimum absolute atomic E-state index is 0.0156. The smallest absolute Gasteiger partial charge is 0.237 e. The number of fused-ring (bicyclic) bond motifs is 1. The van der Waals surface area contributed by atoms with Crippen LogP contribution in [-0.2, 0) is 4.79 Å². The van der Waals surface area contributed by atoms with Gasteiger partial charge in [-0.15, -0.1) is 5.10 Å². The molecule has 1 atom stereocenters. The summed E-state index contributed by atoms with van der Waals surface area (Å²) in [5, 5.41) is 14.9. The van der Waals surface area contributed by atoms with E-state index in [-0.39, 0.29) is 11.9 Å². The molecule has 0 bridgehead atoms. The molecular weight excluding hydrogens is 366 g/mol. The Morgan fingerprint density at radius 2 is 1.79 bits per heavy atom. The van der Waals surface area contributed by atoms with Crippen molar-refractivity contribution in [3.05, 3.63) is 18.5 Å². The second kappa shape index (κ2) is 8.57. The van der Waals surface area contributed by atoms with E-state index in [9.17, 15) is 4.79 Å². The van der Waals surface area contributed by atoms with E-state index >= 15 is 0 Å². The van der Waals surface area contributed by atoms with E-state index in [4.69, 9.17) is 5.73 Å². The molecule has 0 radical (unpaired) electrons. The highest BCUT2D eigenvalue weighted by molar-refractivity contribution is 5.81. The molecule has 2 aliphatic rings. The Morgan fingerprint density at radius 3 is 2.48 bits per heavy atom. The normalized spacial score (nSPS) is 23.2. The van der Waals surface area contributed by atoms with Crippen LogP contribution >= 0.6 is 0 Å². The van der Waals surface area contributed by atoms with Gasteiger partial charge in [0, 0.05) is 36.6 Å². The van der Waals surface area contributed by atoms with Gasteiger partial charge in [-0.05, 0) is 50.9 Å². The van der Waals surface area contributed by atoms with E-state index in [0.29, 0.717) is 18.0 Å². The Kier molecular flexibility index (Phi) is 5.89. The maximum atomic E-state index is 12.3. The lowest BCUT2D eigenvalue weighted by Gasteiger charge is -2.30. The Bertz CT molecular complexity index is 837. The molecule has 2 fully saturated rings. The summed E-state index contributed by atoms with van der Waals surface area (Å²) < 4.78 is 1.83. The second-order valence-corrected chi connectivity index (χ2v) is 8.99. The number of nitrogens with two attached hydrogens (primary N) is 1. The van der Waals surface area contributed by atoms with Gasteiger partial charge in [0.25, 0.3) is 0 Å². The van der Waals surface area contributed by atoms with Gasteiger partial charge in [0.15, 0.2) is 5.65 Å². The first-order valence-corrected chi connectivity index (χ1v) is 10.9. The first-order valence-electron chi connectivity index (χ1n) is 10.9. The second-order valence-electron chi connectivity index (χ2n) is 8.99. The Labute approximate surface area is 172 Å². The van der Waals surface area contributed by atoms with Crippen LogP contribution in [0.5, 0.6) is 0 Å². The number of nitrogens with zero attached hydrogens (tertiary/aromatic N) is 3. The fourth-order valence-electron chi connectivity index (χ4n) is 4.06. The van der Waals surface area contributed by atoms with Crippen molar-refractivity contribution in [1.29, 1.82) is 0 Å². The van der Waals surface area contributed by atoms with Crippen molar-refractivity contribution in [2.24, 2.45) is 11.7 Å². The molecule has 1 amide bonds. The number of carbonyl (C=O) groups excluding carboxylic acids is 1. The summed E-state index contributed by atoms with van der Waals surface area (Å²) in [6.45, 7) is 4.18. The van der Waals surface area contributed by atoms with Crippen molar-refractivity contribution >= 4 is 23.1 Å². The standard InChI is InChI=1S/C21H33N7O/c1-13(2)11-17(22)21(29)26-16-7-5-15(6-8-16)25-19-12-18(24-14-3-4-14)20-23-9-10-28(20)27-19/h9-10,12-17,24H,3-8,11,22H2,1-2H3,(H,25,27)(H,26,29)/t15?,16?,17-/m1/s1. The Morgan fingerprint density at radius 1 is 1.14 bits per heavy atom. The van der Waals surface area contributed by atoms with Crippen LogP contribution in [0.4, 0.5) is 11.5 Å². The van der Waals surface area contributed by atoms with Crippen LogP contribution in [0.15, 0.2) is 18.5 Å².